The van der Waals surface area contributed by atoms with Crippen LogP contribution >= 0.6 is 15.9 Å². The first kappa shape index (κ1) is 17.2. The third kappa shape index (κ3) is 3.74. The predicted octanol–water partition coefficient (Wildman–Crippen LogP) is 3.82. The van der Waals surface area contributed by atoms with Crippen LogP contribution in [0.2, 0.25) is 0 Å². The van der Waals surface area contributed by atoms with Crippen molar-refractivity contribution in [3.05, 3.63) is 69.4 Å². The Bertz CT molecular complexity index is 962. The highest BCUT2D eigenvalue weighted by Gasteiger charge is 2.14. The maximum absolute atomic E-state index is 12.2. The van der Waals surface area contributed by atoms with Crippen LogP contribution < -0.4 is 10.9 Å². The van der Waals surface area contributed by atoms with Crippen LogP contribution in [0.1, 0.15) is 27.0 Å². The molecule has 0 aliphatic rings. The van der Waals surface area contributed by atoms with Crippen LogP contribution in [-0.2, 0) is 11.2 Å². The van der Waals surface area contributed by atoms with Crippen LogP contribution in [0.15, 0.2) is 51.6 Å². The summed E-state index contributed by atoms with van der Waals surface area (Å²) in [4.78, 5) is 24.3. The Labute approximate surface area is 153 Å². The molecule has 0 aliphatic heterocycles. The van der Waals surface area contributed by atoms with Crippen molar-refractivity contribution < 1.29 is 14.0 Å². The van der Waals surface area contributed by atoms with Gasteiger partial charge in [-0.25, -0.2) is 0 Å². The second kappa shape index (κ2) is 7.11. The molecule has 5 nitrogen and oxygen atoms in total. The number of fused-ring (bicyclic) bond motifs is 1. The highest BCUT2D eigenvalue weighted by atomic mass is 79.9. The number of halogens is 1. The summed E-state index contributed by atoms with van der Waals surface area (Å²) < 4.78 is 6.21. The number of amides is 2. The summed E-state index contributed by atoms with van der Waals surface area (Å²) in [5.74, 6) is -0.701. The van der Waals surface area contributed by atoms with Gasteiger partial charge < -0.3 is 4.42 Å². The van der Waals surface area contributed by atoms with Crippen molar-refractivity contribution in [1.82, 2.24) is 10.9 Å². The summed E-state index contributed by atoms with van der Waals surface area (Å²) in [5, 5.41) is 0.942. The van der Waals surface area contributed by atoms with Crippen LogP contribution in [0.25, 0.3) is 11.0 Å². The highest BCUT2D eigenvalue weighted by Crippen LogP contribution is 2.26. The van der Waals surface area contributed by atoms with Gasteiger partial charge in [0.05, 0.1) is 18.2 Å². The number of hydrogen-bond donors (Lipinski definition) is 2. The lowest BCUT2D eigenvalue weighted by Gasteiger charge is -2.08. The van der Waals surface area contributed by atoms with Gasteiger partial charge in [0, 0.05) is 15.4 Å². The molecule has 2 aromatic carbocycles. The summed E-state index contributed by atoms with van der Waals surface area (Å²) >= 11 is 3.31. The average molecular weight is 401 g/mol. The topological polar surface area (TPSA) is 71.3 Å². The van der Waals surface area contributed by atoms with Gasteiger partial charge in [0.25, 0.3) is 5.91 Å². The minimum atomic E-state index is -0.385. The highest BCUT2D eigenvalue weighted by molar-refractivity contribution is 9.10. The molecule has 1 aromatic heterocycles. The van der Waals surface area contributed by atoms with Gasteiger partial charge in [-0.1, -0.05) is 18.2 Å². The van der Waals surface area contributed by atoms with E-state index in [1.54, 1.807) is 24.5 Å². The van der Waals surface area contributed by atoms with Gasteiger partial charge in [0.2, 0.25) is 5.91 Å². The van der Waals surface area contributed by atoms with E-state index in [2.05, 4.69) is 26.8 Å². The van der Waals surface area contributed by atoms with E-state index in [1.165, 1.54) is 0 Å². The summed E-state index contributed by atoms with van der Waals surface area (Å²) in [5.41, 5.74) is 9.03. The number of hydrazine groups is 1. The lowest BCUT2D eigenvalue weighted by atomic mass is 10.0. The SMILES string of the molecule is Cc1cc(C)c2c(CC(=O)NNC(=O)c3ccccc3Br)coc2c1. The van der Waals surface area contributed by atoms with Gasteiger partial charge in [-0.2, -0.15) is 0 Å². The van der Waals surface area contributed by atoms with Crippen molar-refractivity contribution in [2.24, 2.45) is 0 Å². The van der Waals surface area contributed by atoms with Gasteiger partial charge in [0.15, 0.2) is 0 Å². The Morgan fingerprint density at radius 3 is 2.64 bits per heavy atom. The number of carbonyl (C=O) groups is 2. The number of furan rings is 1. The molecule has 0 radical (unpaired) electrons. The molecule has 0 bridgehead atoms. The van der Waals surface area contributed by atoms with Gasteiger partial charge in [0.1, 0.15) is 5.58 Å². The monoisotopic (exact) mass is 400 g/mol. The van der Waals surface area contributed by atoms with Crippen molar-refractivity contribution in [2.75, 3.05) is 0 Å². The van der Waals surface area contributed by atoms with Gasteiger partial charge in [-0.3, -0.25) is 20.4 Å². The van der Waals surface area contributed by atoms with E-state index in [0.29, 0.717) is 10.0 Å². The summed E-state index contributed by atoms with van der Waals surface area (Å²) in [6, 6.07) is 11.0. The molecule has 2 N–H and O–H groups in total. The lowest BCUT2D eigenvalue weighted by Crippen LogP contribution is -2.42. The summed E-state index contributed by atoms with van der Waals surface area (Å²) in [6.07, 6.45) is 1.71. The first-order valence-electron chi connectivity index (χ1n) is 7.76. The summed E-state index contributed by atoms with van der Waals surface area (Å²) in [7, 11) is 0. The second-order valence-electron chi connectivity index (χ2n) is 5.87. The molecular formula is C19H17BrN2O3. The standard InChI is InChI=1S/C19H17BrN2O3/c1-11-7-12(2)18-13(10-25-16(18)8-11)9-17(23)21-22-19(24)14-5-3-4-6-15(14)20/h3-8,10H,9H2,1-2H3,(H,21,23)(H,22,24). The molecular weight excluding hydrogens is 384 g/mol. The van der Waals surface area contributed by atoms with Crippen molar-refractivity contribution in [1.29, 1.82) is 0 Å². The Morgan fingerprint density at radius 1 is 1.12 bits per heavy atom. The number of hydrogen-bond acceptors (Lipinski definition) is 3. The van der Waals surface area contributed by atoms with Crippen molar-refractivity contribution in [2.45, 2.75) is 20.3 Å². The maximum atomic E-state index is 12.2. The van der Waals surface area contributed by atoms with E-state index < -0.39 is 0 Å². The maximum Gasteiger partial charge on any atom is 0.270 e. The number of nitrogens with one attached hydrogen (secondary N) is 2. The summed E-state index contributed by atoms with van der Waals surface area (Å²) in [6.45, 7) is 3.99. The Morgan fingerprint density at radius 2 is 1.88 bits per heavy atom. The zero-order valence-electron chi connectivity index (χ0n) is 13.9. The molecule has 0 atom stereocenters. The van der Waals surface area contributed by atoms with Crippen LogP contribution in [0.5, 0.6) is 0 Å². The Balaban J connectivity index is 1.67. The van der Waals surface area contributed by atoms with Crippen LogP contribution in [0.4, 0.5) is 0 Å². The minimum absolute atomic E-state index is 0.118. The third-order valence-corrected chi connectivity index (χ3v) is 4.57. The Kier molecular flexibility index (Phi) is 4.90. The van der Waals surface area contributed by atoms with E-state index in [1.807, 2.05) is 32.0 Å². The fourth-order valence-electron chi connectivity index (χ4n) is 2.81. The second-order valence-corrected chi connectivity index (χ2v) is 6.73. The number of carbonyl (C=O) groups excluding carboxylic acids is 2. The van der Waals surface area contributed by atoms with E-state index in [9.17, 15) is 9.59 Å². The molecule has 0 spiro atoms. The molecule has 0 fully saturated rings. The van der Waals surface area contributed by atoms with E-state index >= 15 is 0 Å². The zero-order chi connectivity index (χ0) is 18.0. The fourth-order valence-corrected chi connectivity index (χ4v) is 3.28. The zero-order valence-corrected chi connectivity index (χ0v) is 15.4. The minimum Gasteiger partial charge on any atom is -0.464 e. The molecule has 1 heterocycles. The van der Waals surface area contributed by atoms with Crippen molar-refractivity contribution in [3.63, 3.8) is 0 Å². The van der Waals surface area contributed by atoms with Crippen LogP contribution in [-0.4, -0.2) is 11.8 Å². The van der Waals surface area contributed by atoms with Gasteiger partial charge in [-0.05, 0) is 59.1 Å². The first-order chi connectivity index (χ1) is 12.0. The normalized spacial score (nSPS) is 10.7. The lowest BCUT2D eigenvalue weighted by molar-refractivity contribution is -0.121. The fraction of sp³-hybridized carbons (Fsp3) is 0.158. The molecule has 128 valence electrons. The van der Waals surface area contributed by atoms with Gasteiger partial charge in [-0.15, -0.1) is 0 Å². The molecule has 2 amide bonds. The predicted molar refractivity (Wildman–Crippen MR) is 99.1 cm³/mol. The number of aryl methyl sites for hydroxylation is 2. The molecule has 0 unspecified atom stereocenters. The average Bonchev–Trinajstić information content (AvgIpc) is 2.96. The third-order valence-electron chi connectivity index (χ3n) is 3.88. The van der Waals surface area contributed by atoms with Gasteiger partial charge >= 0.3 is 0 Å². The number of rotatable bonds is 3. The van der Waals surface area contributed by atoms with E-state index in [4.69, 9.17) is 4.42 Å². The Hall–Kier alpha value is -2.60. The molecule has 3 aromatic rings. The quantitative estimate of drug-likeness (QED) is 0.656. The van der Waals surface area contributed by atoms with Crippen molar-refractivity contribution in [3.8, 4) is 0 Å². The number of benzene rings is 2. The van der Waals surface area contributed by atoms with Crippen LogP contribution in [0, 0.1) is 13.8 Å². The first-order valence-corrected chi connectivity index (χ1v) is 8.56. The molecule has 25 heavy (non-hydrogen) atoms. The van der Waals surface area contributed by atoms with E-state index in [0.717, 1.165) is 27.7 Å². The molecule has 6 heteroatoms. The molecule has 0 saturated carbocycles. The van der Waals surface area contributed by atoms with Crippen molar-refractivity contribution >= 4 is 38.7 Å². The molecule has 0 saturated heterocycles. The smallest absolute Gasteiger partial charge is 0.270 e. The largest absolute Gasteiger partial charge is 0.464 e. The molecule has 0 aliphatic carbocycles. The molecule has 3 rings (SSSR count). The van der Waals surface area contributed by atoms with Crippen LogP contribution in [0.3, 0.4) is 0 Å². The van der Waals surface area contributed by atoms with E-state index in [-0.39, 0.29) is 18.2 Å².